The minimum absolute atomic E-state index is 0.000413. The molecule has 2 aliphatic heterocycles. The number of halogens is 1. The topological polar surface area (TPSA) is 392 Å². The van der Waals surface area contributed by atoms with E-state index in [1.54, 1.807) is 53.7 Å². The number of phenols is 2. The summed E-state index contributed by atoms with van der Waals surface area (Å²) in [4.78, 5) is 144. The van der Waals surface area contributed by atoms with Crippen LogP contribution >= 0.6 is 11.6 Å². The molecule has 2 aromatic rings. The van der Waals surface area contributed by atoms with Gasteiger partial charge in [0.15, 0.2) is 6.10 Å². The van der Waals surface area contributed by atoms with Crippen molar-refractivity contribution in [2.75, 3.05) is 13.7 Å². The van der Waals surface area contributed by atoms with E-state index in [0.717, 1.165) is 15.4 Å². The number of esters is 1. The summed E-state index contributed by atoms with van der Waals surface area (Å²) < 4.78 is 5.89. The van der Waals surface area contributed by atoms with E-state index in [-0.39, 0.29) is 54.5 Å². The van der Waals surface area contributed by atoms with Crippen LogP contribution in [0.25, 0.3) is 0 Å². The molecule has 1 unspecified atom stereocenters. The number of benzene rings is 2. The second kappa shape index (κ2) is 31.0. The molecule has 2 fully saturated rings. The van der Waals surface area contributed by atoms with Crippen molar-refractivity contribution in [1.29, 1.82) is 0 Å². The van der Waals surface area contributed by atoms with Gasteiger partial charge in [-0.05, 0) is 112 Å². The van der Waals surface area contributed by atoms with Crippen molar-refractivity contribution in [3.63, 3.8) is 0 Å². The highest BCUT2D eigenvalue weighted by Gasteiger charge is 2.47. The lowest BCUT2D eigenvalue weighted by molar-refractivity contribution is -0.170. The van der Waals surface area contributed by atoms with Crippen LogP contribution in [0.4, 0.5) is 0 Å². The molecule has 13 atom stereocenters. The molecule has 2 aromatic carbocycles. The molecular weight excluding hydrogens is 1110 g/mol. The van der Waals surface area contributed by atoms with Crippen LogP contribution < -0.4 is 37.2 Å². The maximum absolute atomic E-state index is 14.7. The SMILES string of the molecule is CC(C)C[C@@H]1NC(=O)[C@@H](NC(=O)[C@@H](NC(=O)[C@H](C)NC(=O)[C@H](CCCc2ccc(O)cc2)NC(=O)[C@H](O)CO)C(C)C)[C@@H](C)OC(=O)[C@H](C(C)C)NC(=O)[C@H](Cc2ccc(O)c(Cl)c2)N(C)C(=O)C([C@H](C)O)N2C(=O)[C@H](CC[C@H]2O)NC1=O. The van der Waals surface area contributed by atoms with Gasteiger partial charge < -0.3 is 82.4 Å². The van der Waals surface area contributed by atoms with Gasteiger partial charge in [-0.15, -0.1) is 0 Å². The Labute approximate surface area is 487 Å². The van der Waals surface area contributed by atoms with Crippen LogP contribution in [0.15, 0.2) is 42.5 Å². The Morgan fingerprint density at radius 3 is 1.99 bits per heavy atom. The molecule has 9 amide bonds. The molecule has 0 radical (unpaired) electrons. The molecule has 0 saturated carbocycles. The number of carbonyl (C=O) groups excluding carboxylic acids is 10. The lowest BCUT2D eigenvalue weighted by Gasteiger charge is -2.43. The summed E-state index contributed by atoms with van der Waals surface area (Å²) in [5, 5.41) is 79.4. The summed E-state index contributed by atoms with van der Waals surface area (Å²) in [6.45, 7) is 12.5. The molecule has 460 valence electrons. The molecule has 26 nitrogen and oxygen atoms in total. The number of rotatable bonds is 20. The summed E-state index contributed by atoms with van der Waals surface area (Å²) in [5.74, 6) is -12.0. The summed E-state index contributed by atoms with van der Waals surface area (Å²) in [6.07, 6.45) is -6.87. The Balaban J connectivity index is 1.72. The highest BCUT2D eigenvalue weighted by atomic mass is 35.5. The van der Waals surface area contributed by atoms with Gasteiger partial charge in [0, 0.05) is 13.5 Å². The van der Waals surface area contributed by atoms with Gasteiger partial charge in [-0.25, -0.2) is 4.79 Å². The number of likely N-dealkylation sites (N-methyl/N-ethyl adjacent to an activating group) is 1. The van der Waals surface area contributed by atoms with Crippen molar-refractivity contribution in [2.24, 2.45) is 17.8 Å². The molecular formula is C56H82ClN9O17. The number of ether oxygens (including phenoxy) is 1. The molecule has 4 rings (SSSR count). The normalized spacial score (nSPS) is 24.2. The van der Waals surface area contributed by atoms with Gasteiger partial charge in [0.1, 0.15) is 78.2 Å². The number of phenolic OH excluding ortho intramolecular Hbond substituents is 2. The van der Waals surface area contributed by atoms with Gasteiger partial charge in [-0.3, -0.25) is 43.2 Å². The molecule has 2 aliphatic rings. The van der Waals surface area contributed by atoms with Gasteiger partial charge in [-0.2, -0.15) is 0 Å². The van der Waals surface area contributed by atoms with Gasteiger partial charge in [-0.1, -0.05) is 71.3 Å². The monoisotopic (exact) mass is 1190 g/mol. The standard InChI is InChI=1S/C56H82ClN9O17/c1-26(2)22-38-49(75)60-37-19-21-42(72)66(54(37)80)46(30(8)68)55(81)65(10)39(24-33-16-20-40(70)35(57)23-33)50(76)63-44(28(5)6)56(82)83-31(9)45(53(79)61-38)64-52(78)43(27(3)4)62-47(73)29(7)58-48(74)36(59-51(77)41(71)25-67)13-11-12-32-14-17-34(69)18-15-32/h14-18,20,23,26-31,36-39,41-46,67-72H,11-13,19,21-22,24-25H2,1-10H3,(H,58,74)(H,59,77)(H,60,75)(H,61,79)(H,62,73)(H,63,76)(H,64,78)/t29-,30-,31+,36-,37-,38-,39-,41+,42+,43-,44-,45-,46?/m0/s1. The molecule has 2 bridgehead atoms. The number of fused-ring (bicyclic) bond motifs is 2. The molecule has 27 heteroatoms. The summed E-state index contributed by atoms with van der Waals surface area (Å²) in [6, 6.07) is -3.56. The van der Waals surface area contributed by atoms with Crippen molar-refractivity contribution >= 4 is 70.7 Å². The molecule has 0 spiro atoms. The van der Waals surface area contributed by atoms with Crippen molar-refractivity contribution in [2.45, 2.75) is 186 Å². The van der Waals surface area contributed by atoms with Gasteiger partial charge in [0.05, 0.1) is 17.7 Å². The Morgan fingerprint density at radius 2 is 1.41 bits per heavy atom. The third kappa shape index (κ3) is 18.9. The summed E-state index contributed by atoms with van der Waals surface area (Å²) in [7, 11) is 1.21. The second-order valence-corrected chi connectivity index (χ2v) is 22.7. The first-order chi connectivity index (χ1) is 38.9. The van der Waals surface area contributed by atoms with Crippen LogP contribution in [-0.2, 0) is 65.5 Å². The van der Waals surface area contributed by atoms with E-state index in [0.29, 0.717) is 18.4 Å². The fourth-order valence-corrected chi connectivity index (χ4v) is 9.72. The minimum Gasteiger partial charge on any atom is -0.508 e. The first-order valence-corrected chi connectivity index (χ1v) is 28.1. The smallest absolute Gasteiger partial charge is 0.329 e. The van der Waals surface area contributed by atoms with E-state index < -0.39 is 156 Å². The quantitative estimate of drug-likeness (QED) is 0.0700. The van der Waals surface area contributed by atoms with E-state index in [1.807, 2.05) is 0 Å². The van der Waals surface area contributed by atoms with Gasteiger partial charge in [0.2, 0.25) is 47.3 Å². The Kier molecular flexibility index (Phi) is 25.5. The van der Waals surface area contributed by atoms with Crippen LogP contribution in [-0.4, -0.2) is 192 Å². The highest BCUT2D eigenvalue weighted by molar-refractivity contribution is 6.32. The van der Waals surface area contributed by atoms with Crippen LogP contribution in [0.3, 0.4) is 0 Å². The third-order valence-electron chi connectivity index (χ3n) is 14.4. The average Bonchev–Trinajstić information content (AvgIpc) is 3.51. The maximum atomic E-state index is 14.7. The number of aliphatic hydroxyl groups excluding tert-OH is 4. The molecule has 2 heterocycles. The Morgan fingerprint density at radius 1 is 0.771 bits per heavy atom. The Bertz CT molecular complexity index is 2640. The summed E-state index contributed by atoms with van der Waals surface area (Å²) in [5.41, 5.74) is 1.11. The first-order valence-electron chi connectivity index (χ1n) is 27.7. The van der Waals surface area contributed by atoms with Crippen LogP contribution in [0.5, 0.6) is 11.5 Å². The van der Waals surface area contributed by atoms with Crippen LogP contribution in [0.1, 0.15) is 106 Å². The number of aryl methyl sites for hydroxylation is 1. The largest absolute Gasteiger partial charge is 0.508 e. The predicted octanol–water partition coefficient (Wildman–Crippen LogP) is -1.10. The predicted molar refractivity (Wildman–Crippen MR) is 299 cm³/mol. The molecule has 0 aliphatic carbocycles. The van der Waals surface area contributed by atoms with E-state index in [1.165, 1.54) is 58.2 Å². The number of piperidine rings is 1. The van der Waals surface area contributed by atoms with Crippen molar-refractivity contribution in [3.8, 4) is 11.5 Å². The number of hydrogen-bond acceptors (Lipinski definition) is 17. The van der Waals surface area contributed by atoms with Crippen LogP contribution in [0.2, 0.25) is 5.02 Å². The van der Waals surface area contributed by atoms with Gasteiger partial charge in [0.25, 0.3) is 5.91 Å². The number of nitrogens with one attached hydrogen (secondary N) is 7. The van der Waals surface area contributed by atoms with E-state index in [2.05, 4.69) is 37.2 Å². The number of amides is 9. The highest BCUT2D eigenvalue weighted by Crippen LogP contribution is 2.28. The maximum Gasteiger partial charge on any atom is 0.329 e. The number of aromatic hydroxyl groups is 2. The zero-order chi connectivity index (χ0) is 62.3. The lowest BCUT2D eigenvalue weighted by atomic mass is 9.96. The number of cyclic esters (lactones) is 1. The fraction of sp³-hybridized carbons (Fsp3) is 0.607. The first kappa shape index (κ1) is 68.4. The minimum atomic E-state index is -1.86. The van der Waals surface area contributed by atoms with Crippen molar-refractivity contribution < 1.29 is 83.3 Å². The zero-order valence-electron chi connectivity index (χ0n) is 48.4. The Hall–Kier alpha value is -7.13. The summed E-state index contributed by atoms with van der Waals surface area (Å²) >= 11 is 6.23. The molecule has 13 N–H and O–H groups in total. The van der Waals surface area contributed by atoms with E-state index >= 15 is 0 Å². The van der Waals surface area contributed by atoms with E-state index in [9.17, 15) is 78.6 Å². The van der Waals surface area contributed by atoms with Crippen LogP contribution in [0, 0.1) is 17.8 Å². The third-order valence-corrected chi connectivity index (χ3v) is 14.7. The number of carbonyl (C=O) groups is 10. The lowest BCUT2D eigenvalue weighted by Crippen LogP contribution is -2.67. The average molecular weight is 1190 g/mol. The number of hydrogen-bond donors (Lipinski definition) is 13. The number of aliphatic hydroxyl groups is 4. The molecule has 0 aromatic heterocycles. The zero-order valence-corrected chi connectivity index (χ0v) is 49.1. The molecule has 83 heavy (non-hydrogen) atoms. The van der Waals surface area contributed by atoms with Crippen molar-refractivity contribution in [1.82, 2.24) is 47.0 Å². The van der Waals surface area contributed by atoms with Gasteiger partial charge >= 0.3 is 5.97 Å². The van der Waals surface area contributed by atoms with Crippen molar-refractivity contribution in [3.05, 3.63) is 58.6 Å². The van der Waals surface area contributed by atoms with E-state index in [4.69, 9.17) is 16.3 Å². The second-order valence-electron chi connectivity index (χ2n) is 22.3. The fourth-order valence-electron chi connectivity index (χ4n) is 9.52. The molecule has 2 saturated heterocycles. The number of nitrogens with zero attached hydrogens (tertiary/aromatic N) is 2.